The van der Waals surface area contributed by atoms with E-state index in [1.807, 2.05) is 63.2 Å². The molecule has 0 aliphatic carbocycles. The van der Waals surface area contributed by atoms with Crippen LogP contribution in [-0.2, 0) is 4.79 Å². The molecule has 140 valence electrons. The number of hydrogen-bond acceptors (Lipinski definition) is 5. The maximum absolute atomic E-state index is 11.7. The van der Waals surface area contributed by atoms with Gasteiger partial charge >= 0.3 is 0 Å². The zero-order valence-electron chi connectivity index (χ0n) is 15.4. The minimum absolute atomic E-state index is 0.132. The smallest absolute Gasteiger partial charge is 0.228 e. The highest BCUT2D eigenvalue weighted by atomic mass is 32.1. The lowest BCUT2D eigenvalue weighted by Gasteiger charge is -2.10. The first-order valence-electron chi connectivity index (χ1n) is 8.72. The Morgan fingerprint density at radius 3 is 2.63 bits per heavy atom. The van der Waals surface area contributed by atoms with Crippen LogP contribution >= 0.6 is 12.2 Å². The SMILES string of the molecule is CCOc1ccc(-c2nc3cc(NC(=S)NC(=O)C(C)C)ccc3o2)cc1. The lowest BCUT2D eigenvalue weighted by Crippen LogP contribution is -2.36. The van der Waals surface area contributed by atoms with E-state index in [0.717, 1.165) is 17.0 Å². The average Bonchev–Trinajstić information content (AvgIpc) is 3.05. The number of anilines is 1. The lowest BCUT2D eigenvalue weighted by molar-refractivity contribution is -0.122. The molecule has 7 heteroatoms. The van der Waals surface area contributed by atoms with Gasteiger partial charge in [-0.25, -0.2) is 4.98 Å². The molecule has 0 aliphatic rings. The van der Waals surface area contributed by atoms with Crippen molar-refractivity contribution < 1.29 is 13.9 Å². The second kappa shape index (κ2) is 8.18. The van der Waals surface area contributed by atoms with Crippen LogP contribution in [0.1, 0.15) is 20.8 Å². The van der Waals surface area contributed by atoms with Gasteiger partial charge in [0.05, 0.1) is 6.61 Å². The van der Waals surface area contributed by atoms with Gasteiger partial charge in [-0.15, -0.1) is 0 Å². The van der Waals surface area contributed by atoms with Crippen molar-refractivity contribution in [1.29, 1.82) is 0 Å². The van der Waals surface area contributed by atoms with Gasteiger partial charge in [-0.05, 0) is 61.6 Å². The topological polar surface area (TPSA) is 76.4 Å². The normalized spacial score (nSPS) is 10.8. The number of rotatable bonds is 5. The number of amides is 1. The van der Waals surface area contributed by atoms with Gasteiger partial charge in [0.25, 0.3) is 0 Å². The van der Waals surface area contributed by atoms with Crippen molar-refractivity contribution >= 4 is 40.0 Å². The third kappa shape index (κ3) is 4.62. The van der Waals surface area contributed by atoms with E-state index >= 15 is 0 Å². The molecule has 0 bridgehead atoms. The highest BCUT2D eigenvalue weighted by molar-refractivity contribution is 7.80. The summed E-state index contributed by atoms with van der Waals surface area (Å²) < 4.78 is 11.3. The van der Waals surface area contributed by atoms with Crippen molar-refractivity contribution in [3.8, 4) is 17.2 Å². The Bertz CT molecular complexity index is 964. The summed E-state index contributed by atoms with van der Waals surface area (Å²) in [4.78, 5) is 16.2. The molecule has 0 saturated heterocycles. The summed E-state index contributed by atoms with van der Waals surface area (Å²) in [6.07, 6.45) is 0. The highest BCUT2D eigenvalue weighted by Gasteiger charge is 2.11. The molecule has 0 saturated carbocycles. The summed E-state index contributed by atoms with van der Waals surface area (Å²) in [7, 11) is 0. The third-order valence-electron chi connectivity index (χ3n) is 3.82. The van der Waals surface area contributed by atoms with E-state index in [9.17, 15) is 4.79 Å². The summed E-state index contributed by atoms with van der Waals surface area (Å²) in [6, 6.07) is 13.0. The number of oxazole rings is 1. The second-order valence-electron chi connectivity index (χ2n) is 6.26. The molecule has 0 radical (unpaired) electrons. The standard InChI is InChI=1S/C20H21N3O3S/c1-4-25-15-8-5-13(6-9-15)19-22-16-11-14(7-10-17(16)26-19)21-20(27)23-18(24)12(2)3/h5-12H,4H2,1-3H3,(H2,21,23,24,27). The molecule has 0 atom stereocenters. The molecular weight excluding hydrogens is 362 g/mol. The number of ether oxygens (including phenoxy) is 1. The van der Waals surface area contributed by atoms with E-state index < -0.39 is 0 Å². The summed E-state index contributed by atoms with van der Waals surface area (Å²) in [5, 5.41) is 5.89. The molecule has 0 spiro atoms. The number of benzene rings is 2. The van der Waals surface area contributed by atoms with Crippen molar-refractivity contribution in [2.24, 2.45) is 5.92 Å². The Kier molecular flexibility index (Phi) is 5.71. The van der Waals surface area contributed by atoms with Crippen LogP contribution in [-0.4, -0.2) is 22.6 Å². The summed E-state index contributed by atoms with van der Waals surface area (Å²) in [5.74, 6) is 1.06. The van der Waals surface area contributed by atoms with Crippen LogP contribution in [0.25, 0.3) is 22.6 Å². The van der Waals surface area contributed by atoms with Crippen molar-refractivity contribution in [3.05, 3.63) is 42.5 Å². The third-order valence-corrected chi connectivity index (χ3v) is 4.02. The Morgan fingerprint density at radius 1 is 1.22 bits per heavy atom. The number of thiocarbonyl (C=S) groups is 1. The first-order chi connectivity index (χ1) is 13.0. The minimum atomic E-state index is -0.139. The molecule has 1 amide bonds. The van der Waals surface area contributed by atoms with Gasteiger partial charge in [0.15, 0.2) is 10.7 Å². The van der Waals surface area contributed by atoms with Crippen LogP contribution in [0.5, 0.6) is 5.75 Å². The minimum Gasteiger partial charge on any atom is -0.494 e. The van der Waals surface area contributed by atoms with Crippen LogP contribution in [0.3, 0.4) is 0 Å². The summed E-state index contributed by atoms with van der Waals surface area (Å²) >= 11 is 5.17. The van der Waals surface area contributed by atoms with Crippen LogP contribution in [0.4, 0.5) is 5.69 Å². The number of fused-ring (bicyclic) bond motifs is 1. The van der Waals surface area contributed by atoms with Crippen LogP contribution in [0.15, 0.2) is 46.9 Å². The maximum Gasteiger partial charge on any atom is 0.228 e. The first-order valence-corrected chi connectivity index (χ1v) is 9.12. The fourth-order valence-corrected chi connectivity index (χ4v) is 2.63. The molecule has 0 aliphatic heterocycles. The molecule has 0 fully saturated rings. The number of carbonyl (C=O) groups excluding carboxylic acids is 1. The van der Waals surface area contributed by atoms with E-state index in [-0.39, 0.29) is 16.9 Å². The predicted octanol–water partition coefficient (Wildman–Crippen LogP) is 4.36. The van der Waals surface area contributed by atoms with Crippen molar-refractivity contribution in [2.75, 3.05) is 11.9 Å². The number of aromatic nitrogens is 1. The van der Waals surface area contributed by atoms with Gasteiger partial charge in [-0.3, -0.25) is 4.79 Å². The van der Waals surface area contributed by atoms with Gasteiger partial charge in [0.1, 0.15) is 11.3 Å². The largest absolute Gasteiger partial charge is 0.494 e. The molecule has 2 aromatic carbocycles. The second-order valence-corrected chi connectivity index (χ2v) is 6.67. The molecule has 1 aromatic heterocycles. The average molecular weight is 383 g/mol. The lowest BCUT2D eigenvalue weighted by atomic mass is 10.2. The van der Waals surface area contributed by atoms with Crippen LogP contribution in [0.2, 0.25) is 0 Å². The summed E-state index contributed by atoms with van der Waals surface area (Å²) in [6.45, 7) is 6.18. The number of carbonyl (C=O) groups is 1. The molecule has 2 N–H and O–H groups in total. The Morgan fingerprint density at radius 2 is 1.96 bits per heavy atom. The molecule has 6 nitrogen and oxygen atoms in total. The highest BCUT2D eigenvalue weighted by Crippen LogP contribution is 2.27. The van der Waals surface area contributed by atoms with E-state index in [1.54, 1.807) is 0 Å². The van der Waals surface area contributed by atoms with Crippen molar-refractivity contribution in [3.63, 3.8) is 0 Å². The van der Waals surface area contributed by atoms with E-state index in [1.165, 1.54) is 0 Å². The molecule has 3 aromatic rings. The number of nitrogens with one attached hydrogen (secondary N) is 2. The fourth-order valence-electron chi connectivity index (χ4n) is 2.41. The quantitative estimate of drug-likeness (QED) is 0.638. The predicted molar refractivity (Wildman–Crippen MR) is 110 cm³/mol. The van der Waals surface area contributed by atoms with Gasteiger partial charge in [-0.2, -0.15) is 0 Å². The monoisotopic (exact) mass is 383 g/mol. The fraction of sp³-hybridized carbons (Fsp3) is 0.250. The Labute approximate surface area is 162 Å². The van der Waals surface area contributed by atoms with Gasteiger partial charge in [-0.1, -0.05) is 13.8 Å². The maximum atomic E-state index is 11.7. The van der Waals surface area contributed by atoms with E-state index in [0.29, 0.717) is 23.6 Å². The molecule has 27 heavy (non-hydrogen) atoms. The number of hydrogen-bond donors (Lipinski definition) is 2. The van der Waals surface area contributed by atoms with Crippen LogP contribution in [0, 0.1) is 5.92 Å². The number of nitrogens with zero attached hydrogens (tertiary/aromatic N) is 1. The van der Waals surface area contributed by atoms with Crippen molar-refractivity contribution in [2.45, 2.75) is 20.8 Å². The zero-order valence-corrected chi connectivity index (χ0v) is 16.2. The van der Waals surface area contributed by atoms with Gasteiger partial charge in [0, 0.05) is 17.2 Å². The van der Waals surface area contributed by atoms with Gasteiger partial charge < -0.3 is 19.8 Å². The zero-order chi connectivity index (χ0) is 19.4. The van der Waals surface area contributed by atoms with E-state index in [2.05, 4.69) is 15.6 Å². The van der Waals surface area contributed by atoms with Crippen LogP contribution < -0.4 is 15.4 Å². The van der Waals surface area contributed by atoms with E-state index in [4.69, 9.17) is 21.4 Å². The Hall–Kier alpha value is -2.93. The van der Waals surface area contributed by atoms with Gasteiger partial charge in [0.2, 0.25) is 11.8 Å². The summed E-state index contributed by atoms with van der Waals surface area (Å²) in [5.41, 5.74) is 2.95. The molecule has 0 unspecified atom stereocenters. The van der Waals surface area contributed by atoms with Crippen molar-refractivity contribution in [1.82, 2.24) is 10.3 Å². The first kappa shape index (κ1) is 18.8. The Balaban J connectivity index is 1.76. The molecular formula is C20H21N3O3S. The molecule has 1 heterocycles. The molecule has 3 rings (SSSR count).